The molecule has 0 atom stereocenters. The van der Waals surface area contributed by atoms with Crippen LogP contribution in [-0.2, 0) is 9.53 Å². The molecule has 0 bridgehead atoms. The summed E-state index contributed by atoms with van der Waals surface area (Å²) in [7, 11) is 5.39. The molecule has 0 radical (unpaired) electrons. The van der Waals surface area contributed by atoms with E-state index in [2.05, 4.69) is 30.4 Å². The van der Waals surface area contributed by atoms with Gasteiger partial charge in [0.2, 0.25) is 17.1 Å². The lowest BCUT2D eigenvalue weighted by Gasteiger charge is -2.11. The molecule has 10 nitrogen and oxygen atoms in total. The minimum absolute atomic E-state index is 0.153. The average Bonchev–Trinajstić information content (AvgIpc) is 3.01. The average molecular weight is 338 g/mol. The zero-order chi connectivity index (χ0) is 16.8. The van der Waals surface area contributed by atoms with Gasteiger partial charge < -0.3 is 15.0 Å². The van der Waals surface area contributed by atoms with Crippen LogP contribution in [0.25, 0.3) is 5.95 Å². The molecule has 0 aliphatic carbocycles. The summed E-state index contributed by atoms with van der Waals surface area (Å²) < 4.78 is 6.29. The molecule has 0 aromatic carbocycles. The number of carbonyl (C=O) groups is 1. The maximum Gasteiger partial charge on any atom is 0.316 e. The fourth-order valence-electron chi connectivity index (χ4n) is 1.50. The van der Waals surface area contributed by atoms with Crippen molar-refractivity contribution in [2.45, 2.75) is 12.1 Å². The molecular formula is C12H18N8O2S. The van der Waals surface area contributed by atoms with Gasteiger partial charge in [-0.05, 0) is 6.92 Å². The van der Waals surface area contributed by atoms with Gasteiger partial charge in [-0.1, -0.05) is 11.8 Å². The molecule has 2 aromatic heterocycles. The first-order valence-corrected chi connectivity index (χ1v) is 7.83. The third-order valence-corrected chi connectivity index (χ3v) is 3.36. The number of hydrogen-bond acceptors (Lipinski definition) is 10. The Morgan fingerprint density at radius 3 is 2.83 bits per heavy atom. The van der Waals surface area contributed by atoms with Crippen LogP contribution in [0.3, 0.4) is 0 Å². The molecule has 2 rings (SSSR count). The van der Waals surface area contributed by atoms with Crippen LogP contribution in [-0.4, -0.2) is 69.2 Å². The number of nitrogens with zero attached hydrogens (tertiary/aromatic N) is 7. The Labute approximate surface area is 137 Å². The number of ether oxygens (including phenoxy) is 1. The lowest BCUT2D eigenvalue weighted by molar-refractivity contribution is -0.139. The number of rotatable bonds is 7. The predicted molar refractivity (Wildman–Crippen MR) is 86.0 cm³/mol. The van der Waals surface area contributed by atoms with E-state index < -0.39 is 0 Å². The van der Waals surface area contributed by atoms with Crippen LogP contribution < -0.4 is 10.2 Å². The molecule has 0 aliphatic rings. The van der Waals surface area contributed by atoms with Gasteiger partial charge in [-0.25, -0.2) is 4.98 Å². The van der Waals surface area contributed by atoms with E-state index in [9.17, 15) is 4.79 Å². The molecule has 0 spiro atoms. The number of nitrogens with one attached hydrogen (secondary N) is 1. The van der Waals surface area contributed by atoms with Gasteiger partial charge in [-0.3, -0.25) is 4.79 Å². The largest absolute Gasteiger partial charge is 0.465 e. The van der Waals surface area contributed by atoms with Gasteiger partial charge >= 0.3 is 5.97 Å². The van der Waals surface area contributed by atoms with Crippen LogP contribution in [0.4, 0.5) is 11.9 Å². The molecule has 0 aliphatic heterocycles. The number of aromatic nitrogens is 6. The smallest absolute Gasteiger partial charge is 0.316 e. The molecule has 0 unspecified atom stereocenters. The van der Waals surface area contributed by atoms with E-state index in [1.54, 1.807) is 18.9 Å². The third-order valence-electron chi connectivity index (χ3n) is 2.54. The number of hydrogen-bond donors (Lipinski definition) is 1. The highest BCUT2D eigenvalue weighted by atomic mass is 32.2. The summed E-state index contributed by atoms with van der Waals surface area (Å²) in [6, 6.07) is 0. The van der Waals surface area contributed by atoms with Gasteiger partial charge in [0.15, 0.2) is 0 Å². The Bertz CT molecular complexity index is 675. The van der Waals surface area contributed by atoms with Crippen molar-refractivity contribution in [3.05, 3.63) is 6.33 Å². The van der Waals surface area contributed by atoms with Crippen molar-refractivity contribution < 1.29 is 9.53 Å². The Morgan fingerprint density at radius 1 is 1.39 bits per heavy atom. The first kappa shape index (κ1) is 16.9. The molecular weight excluding hydrogens is 320 g/mol. The van der Waals surface area contributed by atoms with Crippen molar-refractivity contribution in [2.75, 3.05) is 43.7 Å². The number of anilines is 2. The molecule has 1 N–H and O–H groups in total. The summed E-state index contributed by atoms with van der Waals surface area (Å²) in [5.41, 5.74) is 0. The van der Waals surface area contributed by atoms with Crippen LogP contribution in [0.5, 0.6) is 0 Å². The van der Waals surface area contributed by atoms with Crippen LogP contribution in [0.1, 0.15) is 6.92 Å². The standard InChI is InChI=1S/C12H18N8O2S/c1-5-22-8(21)6-23-12-14-7-20(18-12)11-16-9(13-2)15-10(17-11)19(3)4/h7H,5-6H2,1-4H3,(H,13,15,16,17). The van der Waals surface area contributed by atoms with Gasteiger partial charge in [0.1, 0.15) is 6.33 Å². The lowest BCUT2D eigenvalue weighted by atomic mass is 10.7. The van der Waals surface area contributed by atoms with Crippen molar-refractivity contribution in [2.24, 2.45) is 0 Å². The van der Waals surface area contributed by atoms with E-state index in [4.69, 9.17) is 4.74 Å². The molecule has 2 heterocycles. The molecule has 0 saturated carbocycles. The fraction of sp³-hybridized carbons (Fsp3) is 0.500. The summed E-state index contributed by atoms with van der Waals surface area (Å²) in [6.45, 7) is 2.12. The molecule has 0 saturated heterocycles. The van der Waals surface area contributed by atoms with Gasteiger partial charge in [0.05, 0.1) is 12.4 Å². The van der Waals surface area contributed by atoms with Crippen LogP contribution in [0, 0.1) is 0 Å². The normalized spacial score (nSPS) is 10.4. The summed E-state index contributed by atoms with van der Waals surface area (Å²) >= 11 is 1.19. The fourth-order valence-corrected chi connectivity index (χ4v) is 2.10. The van der Waals surface area contributed by atoms with Crippen molar-refractivity contribution >= 4 is 29.6 Å². The van der Waals surface area contributed by atoms with E-state index in [-0.39, 0.29) is 11.7 Å². The summed E-state index contributed by atoms with van der Waals surface area (Å²) in [4.78, 5) is 30.0. The van der Waals surface area contributed by atoms with Crippen LogP contribution >= 0.6 is 11.8 Å². The van der Waals surface area contributed by atoms with Crippen molar-refractivity contribution in [1.82, 2.24) is 29.7 Å². The second-order valence-corrected chi connectivity index (χ2v) is 5.41. The monoisotopic (exact) mass is 338 g/mol. The molecule has 2 aromatic rings. The molecule has 23 heavy (non-hydrogen) atoms. The number of carbonyl (C=O) groups excluding carboxylic acids is 1. The maximum absolute atomic E-state index is 11.3. The zero-order valence-corrected chi connectivity index (χ0v) is 14.2. The minimum Gasteiger partial charge on any atom is -0.465 e. The zero-order valence-electron chi connectivity index (χ0n) is 13.3. The number of thioether (sulfide) groups is 1. The Balaban J connectivity index is 2.16. The predicted octanol–water partition coefficient (Wildman–Crippen LogP) is 0.215. The Kier molecular flexibility index (Phi) is 5.68. The second-order valence-electron chi connectivity index (χ2n) is 4.47. The molecule has 0 fully saturated rings. The molecule has 11 heteroatoms. The van der Waals surface area contributed by atoms with E-state index >= 15 is 0 Å². The molecule has 0 amide bonds. The van der Waals surface area contributed by atoms with Crippen molar-refractivity contribution in [3.63, 3.8) is 0 Å². The van der Waals surface area contributed by atoms with E-state index in [0.717, 1.165) is 0 Å². The van der Waals surface area contributed by atoms with Gasteiger partial charge in [0, 0.05) is 21.1 Å². The van der Waals surface area contributed by atoms with E-state index in [0.29, 0.717) is 29.6 Å². The van der Waals surface area contributed by atoms with Crippen LogP contribution in [0.2, 0.25) is 0 Å². The van der Waals surface area contributed by atoms with Crippen molar-refractivity contribution in [3.8, 4) is 5.95 Å². The topological polar surface area (TPSA) is 111 Å². The highest BCUT2D eigenvalue weighted by molar-refractivity contribution is 7.99. The highest BCUT2D eigenvalue weighted by Gasteiger charge is 2.12. The maximum atomic E-state index is 11.3. The number of esters is 1. The summed E-state index contributed by atoms with van der Waals surface area (Å²) in [6.07, 6.45) is 1.49. The van der Waals surface area contributed by atoms with E-state index in [1.165, 1.54) is 22.8 Å². The van der Waals surface area contributed by atoms with E-state index in [1.807, 2.05) is 14.1 Å². The minimum atomic E-state index is -0.304. The first-order chi connectivity index (χ1) is 11.0. The van der Waals surface area contributed by atoms with Crippen LogP contribution in [0.15, 0.2) is 11.5 Å². The summed E-state index contributed by atoms with van der Waals surface area (Å²) in [5.74, 6) is 1.11. The van der Waals surface area contributed by atoms with Gasteiger partial charge in [-0.15, -0.1) is 5.10 Å². The van der Waals surface area contributed by atoms with Gasteiger partial charge in [-0.2, -0.15) is 19.6 Å². The summed E-state index contributed by atoms with van der Waals surface area (Å²) in [5, 5.41) is 7.57. The second kappa shape index (κ2) is 7.72. The Morgan fingerprint density at radius 2 is 2.17 bits per heavy atom. The first-order valence-electron chi connectivity index (χ1n) is 6.85. The van der Waals surface area contributed by atoms with Crippen molar-refractivity contribution in [1.29, 1.82) is 0 Å². The third kappa shape index (κ3) is 4.52. The Hall–Kier alpha value is -2.43. The highest BCUT2D eigenvalue weighted by Crippen LogP contribution is 2.15. The SMILES string of the molecule is CCOC(=O)CSc1ncn(-c2nc(NC)nc(N(C)C)n2)n1. The molecule has 124 valence electrons. The lowest BCUT2D eigenvalue weighted by Crippen LogP contribution is -2.17. The van der Waals surface area contributed by atoms with Gasteiger partial charge in [0.25, 0.3) is 5.95 Å². The quantitative estimate of drug-likeness (QED) is 0.555.